The van der Waals surface area contributed by atoms with Crippen LogP contribution in [0.2, 0.25) is 5.02 Å². The standard InChI is InChI=1S/C22H22ClN2O6PS/c1-3-30-32(29,31-4-2)21(19-14-33-20-10-7-16(23)13-18(19)20)22(26)24-12-11-15-5-8-17(9-6-15)25(27)28/h5-14,21H,3-4H2,1-2H3,(H,24,26)/b12-11+. The molecule has 3 aromatic rings. The van der Waals surface area contributed by atoms with Crippen LogP contribution in [0.25, 0.3) is 16.2 Å². The van der Waals surface area contributed by atoms with Crippen molar-refractivity contribution in [1.29, 1.82) is 0 Å². The van der Waals surface area contributed by atoms with E-state index in [4.69, 9.17) is 20.6 Å². The summed E-state index contributed by atoms with van der Waals surface area (Å²) in [5.74, 6) is -0.571. The molecule has 0 aliphatic rings. The fraction of sp³-hybridized carbons (Fsp3) is 0.227. The molecule has 1 aromatic heterocycles. The maximum Gasteiger partial charge on any atom is 0.347 e. The van der Waals surface area contributed by atoms with Gasteiger partial charge in [-0.3, -0.25) is 19.5 Å². The van der Waals surface area contributed by atoms with E-state index in [1.807, 2.05) is 6.07 Å². The molecule has 1 heterocycles. The highest BCUT2D eigenvalue weighted by atomic mass is 35.5. The number of rotatable bonds is 10. The third-order valence-corrected chi connectivity index (χ3v) is 8.25. The lowest BCUT2D eigenvalue weighted by atomic mass is 10.1. The summed E-state index contributed by atoms with van der Waals surface area (Å²) in [5.41, 5.74) is -0.105. The summed E-state index contributed by atoms with van der Waals surface area (Å²) in [6, 6.07) is 11.1. The van der Waals surface area contributed by atoms with Crippen LogP contribution in [0.3, 0.4) is 0 Å². The van der Waals surface area contributed by atoms with Gasteiger partial charge >= 0.3 is 7.60 Å². The molecule has 0 aliphatic heterocycles. The number of thiophene rings is 1. The molecule has 11 heteroatoms. The molecule has 0 saturated heterocycles. The van der Waals surface area contributed by atoms with Gasteiger partial charge in [-0.15, -0.1) is 11.3 Å². The van der Waals surface area contributed by atoms with Crippen LogP contribution < -0.4 is 5.32 Å². The number of non-ortho nitro benzene ring substituents is 1. The van der Waals surface area contributed by atoms with E-state index in [0.29, 0.717) is 21.5 Å². The van der Waals surface area contributed by atoms with Crippen LogP contribution in [0.5, 0.6) is 0 Å². The van der Waals surface area contributed by atoms with Gasteiger partial charge in [0.25, 0.3) is 5.69 Å². The quantitative estimate of drug-likeness (QED) is 0.189. The van der Waals surface area contributed by atoms with Crippen molar-refractivity contribution in [3.05, 3.63) is 80.3 Å². The summed E-state index contributed by atoms with van der Waals surface area (Å²) in [6.07, 6.45) is 2.97. The first kappa shape index (κ1) is 25.1. The molecule has 33 heavy (non-hydrogen) atoms. The number of carbonyl (C=O) groups excluding carboxylic acids is 1. The Hall–Kier alpha value is -2.55. The molecule has 0 saturated carbocycles. The van der Waals surface area contributed by atoms with Gasteiger partial charge in [-0.25, -0.2) is 0 Å². The number of hydrogen-bond donors (Lipinski definition) is 1. The lowest BCUT2D eigenvalue weighted by Gasteiger charge is -2.25. The fourth-order valence-corrected chi connectivity index (χ4v) is 6.49. The number of benzene rings is 2. The lowest BCUT2D eigenvalue weighted by molar-refractivity contribution is -0.384. The molecule has 1 amide bonds. The summed E-state index contributed by atoms with van der Waals surface area (Å²) in [4.78, 5) is 23.6. The third-order valence-electron chi connectivity index (χ3n) is 4.65. The molecular weight excluding hydrogens is 487 g/mol. The van der Waals surface area contributed by atoms with Crippen LogP contribution in [-0.4, -0.2) is 24.0 Å². The topological polar surface area (TPSA) is 108 Å². The third kappa shape index (κ3) is 5.88. The summed E-state index contributed by atoms with van der Waals surface area (Å²) in [6.45, 7) is 3.56. The molecule has 0 bridgehead atoms. The Morgan fingerprint density at radius 3 is 2.48 bits per heavy atom. The van der Waals surface area contributed by atoms with Crippen molar-refractivity contribution in [3.63, 3.8) is 0 Å². The molecule has 0 spiro atoms. The Balaban J connectivity index is 1.94. The first-order valence-electron chi connectivity index (χ1n) is 10.1. The van der Waals surface area contributed by atoms with Crippen molar-refractivity contribution in [2.75, 3.05) is 13.2 Å². The number of carbonyl (C=O) groups is 1. The zero-order valence-corrected chi connectivity index (χ0v) is 20.4. The monoisotopic (exact) mass is 508 g/mol. The Labute approximate surface area is 199 Å². The van der Waals surface area contributed by atoms with Crippen LogP contribution in [0, 0.1) is 10.1 Å². The van der Waals surface area contributed by atoms with Crippen molar-refractivity contribution in [3.8, 4) is 0 Å². The minimum Gasteiger partial charge on any atom is -0.332 e. The molecule has 8 nitrogen and oxygen atoms in total. The zero-order chi connectivity index (χ0) is 24.0. The summed E-state index contributed by atoms with van der Waals surface area (Å²) in [5, 5.41) is 16.4. The van der Waals surface area contributed by atoms with E-state index >= 15 is 0 Å². The number of nitrogens with zero attached hydrogens (tertiary/aromatic N) is 1. The van der Waals surface area contributed by atoms with Crippen LogP contribution in [0.4, 0.5) is 5.69 Å². The van der Waals surface area contributed by atoms with Crippen molar-refractivity contribution in [2.24, 2.45) is 0 Å². The molecule has 0 aliphatic carbocycles. The summed E-state index contributed by atoms with van der Waals surface area (Å²) < 4.78 is 25.6. The molecule has 3 rings (SSSR count). The number of halogens is 1. The second-order valence-corrected chi connectivity index (χ2v) is 10.3. The second kappa shape index (κ2) is 11.0. The molecule has 1 N–H and O–H groups in total. The summed E-state index contributed by atoms with van der Waals surface area (Å²) >= 11 is 7.57. The van der Waals surface area contributed by atoms with Crippen LogP contribution in [0.15, 0.2) is 54.0 Å². The van der Waals surface area contributed by atoms with E-state index in [2.05, 4.69) is 5.32 Å². The normalized spacial score (nSPS) is 12.8. The van der Waals surface area contributed by atoms with E-state index in [-0.39, 0.29) is 18.9 Å². The largest absolute Gasteiger partial charge is 0.347 e. The molecule has 1 atom stereocenters. The lowest BCUT2D eigenvalue weighted by Crippen LogP contribution is -2.26. The Bertz CT molecular complexity index is 1220. The van der Waals surface area contributed by atoms with E-state index in [1.54, 1.807) is 49.6 Å². The van der Waals surface area contributed by atoms with Crippen molar-refractivity contribution in [2.45, 2.75) is 19.5 Å². The first-order chi connectivity index (χ1) is 15.8. The Morgan fingerprint density at radius 2 is 1.88 bits per heavy atom. The maximum absolute atomic E-state index is 13.7. The number of amides is 1. The van der Waals surface area contributed by atoms with Gasteiger partial charge < -0.3 is 14.4 Å². The minimum absolute atomic E-state index is 0.0337. The SMILES string of the molecule is CCOP(=O)(OCC)C(C(=O)N/C=C/c1ccc([N+](=O)[O-])cc1)c1csc2ccc(Cl)cc12. The van der Waals surface area contributed by atoms with Crippen LogP contribution >= 0.6 is 30.5 Å². The Kier molecular flexibility index (Phi) is 8.40. The first-order valence-corrected chi connectivity index (χ1v) is 12.9. The van der Waals surface area contributed by atoms with Crippen molar-refractivity contribution >= 4 is 58.3 Å². The molecule has 2 aromatic carbocycles. The maximum atomic E-state index is 13.7. The second-order valence-electron chi connectivity index (χ2n) is 6.80. The van der Waals surface area contributed by atoms with E-state index in [9.17, 15) is 19.5 Å². The molecule has 174 valence electrons. The average molecular weight is 509 g/mol. The van der Waals surface area contributed by atoms with Crippen LogP contribution in [0.1, 0.15) is 30.6 Å². The number of hydrogen-bond acceptors (Lipinski definition) is 7. The minimum atomic E-state index is -3.88. The number of nitro groups is 1. The number of nitro benzene ring substituents is 1. The summed E-state index contributed by atoms with van der Waals surface area (Å²) in [7, 11) is -3.88. The van der Waals surface area contributed by atoms with Gasteiger partial charge in [0.05, 0.1) is 18.1 Å². The van der Waals surface area contributed by atoms with E-state index in [1.165, 1.54) is 29.7 Å². The average Bonchev–Trinajstić information content (AvgIpc) is 3.17. The van der Waals surface area contributed by atoms with Crippen molar-refractivity contribution in [1.82, 2.24) is 5.32 Å². The van der Waals surface area contributed by atoms with Gasteiger partial charge in [0.2, 0.25) is 5.91 Å². The van der Waals surface area contributed by atoms with Gasteiger partial charge in [-0.2, -0.15) is 0 Å². The number of nitrogens with one attached hydrogen (secondary N) is 1. The molecule has 0 radical (unpaired) electrons. The van der Waals surface area contributed by atoms with E-state index in [0.717, 1.165) is 4.70 Å². The van der Waals surface area contributed by atoms with Gasteiger partial charge in [0.15, 0.2) is 5.66 Å². The molecule has 0 fully saturated rings. The zero-order valence-electron chi connectivity index (χ0n) is 17.9. The smallest absolute Gasteiger partial charge is 0.332 e. The van der Waals surface area contributed by atoms with Crippen molar-refractivity contribution < 1.29 is 23.3 Å². The van der Waals surface area contributed by atoms with Gasteiger partial charge in [-0.1, -0.05) is 11.6 Å². The Morgan fingerprint density at radius 1 is 1.21 bits per heavy atom. The van der Waals surface area contributed by atoms with Gasteiger partial charge in [-0.05, 0) is 72.1 Å². The predicted octanol–water partition coefficient (Wildman–Crippen LogP) is 6.56. The molecule has 1 unspecified atom stereocenters. The predicted molar refractivity (Wildman–Crippen MR) is 131 cm³/mol. The fourth-order valence-electron chi connectivity index (χ4n) is 3.24. The van der Waals surface area contributed by atoms with Crippen LogP contribution in [-0.2, 0) is 18.4 Å². The van der Waals surface area contributed by atoms with Gasteiger partial charge in [0.1, 0.15) is 0 Å². The molecular formula is C22H22ClN2O6PS. The highest BCUT2D eigenvalue weighted by molar-refractivity contribution is 7.55. The number of fused-ring (bicyclic) bond motifs is 1. The highest BCUT2D eigenvalue weighted by Crippen LogP contribution is 2.62. The van der Waals surface area contributed by atoms with E-state index < -0.39 is 24.1 Å². The highest BCUT2D eigenvalue weighted by Gasteiger charge is 2.43. The van der Waals surface area contributed by atoms with Gasteiger partial charge in [0, 0.05) is 28.1 Å².